The Kier molecular flexibility index (Phi) is 4.11. The van der Waals surface area contributed by atoms with Gasteiger partial charge in [0.1, 0.15) is 0 Å². The Bertz CT molecular complexity index is 325. The Morgan fingerprint density at radius 2 is 1.63 bits per heavy atom. The quantitative estimate of drug-likeness (QED) is 0.801. The zero-order valence-electron chi connectivity index (χ0n) is 11.9. The number of hydrogen-bond donors (Lipinski definition) is 2. The largest absolute Gasteiger partial charge is 0.477 e. The fourth-order valence-corrected chi connectivity index (χ4v) is 4.97. The van der Waals surface area contributed by atoms with Gasteiger partial charge in [0, 0.05) is 12.3 Å². The number of aliphatic carboxylic acids is 1. The second kappa shape index (κ2) is 5.82. The van der Waals surface area contributed by atoms with Crippen LogP contribution in [-0.2, 0) is 4.79 Å². The molecule has 0 amide bonds. The number of rotatable bonds is 2. The minimum absolute atomic E-state index is 0.106. The predicted octanol–water partition coefficient (Wildman–Crippen LogP) is 1.87. The number of quaternary nitrogens is 1. The Morgan fingerprint density at radius 3 is 2.37 bits per heavy atom. The topological polar surface area (TPSA) is 41.7 Å². The van der Waals surface area contributed by atoms with Crippen molar-refractivity contribution in [1.82, 2.24) is 0 Å². The molecule has 2 N–H and O–H groups in total. The van der Waals surface area contributed by atoms with Crippen LogP contribution in [0.1, 0.15) is 64.2 Å². The van der Waals surface area contributed by atoms with E-state index in [4.69, 9.17) is 0 Å². The summed E-state index contributed by atoms with van der Waals surface area (Å²) in [5.41, 5.74) is 0. The molecular weight excluding hydrogens is 238 g/mol. The highest BCUT2D eigenvalue weighted by atomic mass is 16.4. The summed E-state index contributed by atoms with van der Waals surface area (Å²) in [4.78, 5) is 12.9. The molecule has 1 aliphatic carbocycles. The zero-order valence-corrected chi connectivity index (χ0v) is 11.9. The average molecular weight is 266 g/mol. The summed E-state index contributed by atoms with van der Waals surface area (Å²) in [6.07, 6.45) is 13.0. The van der Waals surface area contributed by atoms with Crippen molar-refractivity contribution in [2.45, 2.75) is 76.3 Å². The van der Waals surface area contributed by atoms with Crippen LogP contribution in [0.15, 0.2) is 0 Å². The summed E-state index contributed by atoms with van der Waals surface area (Å²) in [6, 6.07) is 0.542. The molecule has 0 aromatic heterocycles. The van der Waals surface area contributed by atoms with Gasteiger partial charge >= 0.3 is 5.97 Å². The average Bonchev–Trinajstić information content (AvgIpc) is 2.47. The Balaban J connectivity index is 1.66. The van der Waals surface area contributed by atoms with Gasteiger partial charge in [-0.15, -0.1) is 0 Å². The van der Waals surface area contributed by atoms with E-state index in [2.05, 4.69) is 0 Å². The molecule has 2 saturated heterocycles. The van der Waals surface area contributed by atoms with Crippen LogP contribution in [0.2, 0.25) is 0 Å². The zero-order chi connectivity index (χ0) is 13.2. The van der Waals surface area contributed by atoms with E-state index in [1.54, 1.807) is 0 Å². The van der Waals surface area contributed by atoms with Crippen LogP contribution in [0, 0.1) is 11.8 Å². The molecule has 1 saturated carbocycles. The molecule has 0 aromatic carbocycles. The highest BCUT2D eigenvalue weighted by Crippen LogP contribution is 2.34. The van der Waals surface area contributed by atoms with Crippen molar-refractivity contribution in [2.75, 3.05) is 6.54 Å². The Morgan fingerprint density at radius 1 is 0.842 bits per heavy atom. The van der Waals surface area contributed by atoms with E-state index in [1.807, 2.05) is 0 Å². The number of carboxylic acids is 1. The summed E-state index contributed by atoms with van der Waals surface area (Å²) < 4.78 is 0. The molecule has 2 aliphatic heterocycles. The van der Waals surface area contributed by atoms with E-state index < -0.39 is 5.97 Å². The molecule has 108 valence electrons. The Labute approximate surface area is 116 Å². The van der Waals surface area contributed by atoms with Crippen LogP contribution in [0.4, 0.5) is 0 Å². The summed E-state index contributed by atoms with van der Waals surface area (Å²) in [6.45, 7) is 1.15. The van der Waals surface area contributed by atoms with Gasteiger partial charge in [0.15, 0.2) is 6.04 Å². The van der Waals surface area contributed by atoms with Crippen LogP contribution >= 0.6 is 0 Å². The van der Waals surface area contributed by atoms with Gasteiger partial charge in [0.05, 0.1) is 12.6 Å². The molecule has 2 heterocycles. The lowest BCUT2D eigenvalue weighted by Gasteiger charge is -2.45. The van der Waals surface area contributed by atoms with Gasteiger partial charge < -0.3 is 10.0 Å². The lowest BCUT2D eigenvalue weighted by molar-refractivity contribution is -0.955. The highest BCUT2D eigenvalue weighted by Gasteiger charge is 2.44. The first-order valence-electron chi connectivity index (χ1n) is 8.34. The molecule has 3 nitrogen and oxygen atoms in total. The molecule has 0 radical (unpaired) electrons. The second-order valence-corrected chi connectivity index (χ2v) is 7.03. The molecule has 4 atom stereocenters. The molecule has 0 aromatic rings. The van der Waals surface area contributed by atoms with Gasteiger partial charge in [-0.05, 0) is 44.4 Å². The molecule has 19 heavy (non-hydrogen) atoms. The fraction of sp³-hybridized carbons (Fsp3) is 0.938. The van der Waals surface area contributed by atoms with Crippen molar-refractivity contribution in [1.29, 1.82) is 0 Å². The third-order valence-electron chi connectivity index (χ3n) is 6.02. The maximum Gasteiger partial charge on any atom is 0.362 e. The minimum atomic E-state index is -0.552. The van der Waals surface area contributed by atoms with Crippen LogP contribution in [0.25, 0.3) is 0 Å². The van der Waals surface area contributed by atoms with E-state index in [0.717, 1.165) is 31.2 Å². The summed E-state index contributed by atoms with van der Waals surface area (Å²) in [7, 11) is 0. The molecule has 4 unspecified atom stereocenters. The number of hydrogen-bond acceptors (Lipinski definition) is 1. The third kappa shape index (κ3) is 2.81. The van der Waals surface area contributed by atoms with E-state index in [0.29, 0.717) is 6.04 Å². The highest BCUT2D eigenvalue weighted by molar-refractivity contribution is 5.71. The van der Waals surface area contributed by atoms with Gasteiger partial charge in [-0.3, -0.25) is 0 Å². The first-order valence-corrected chi connectivity index (χ1v) is 8.34. The monoisotopic (exact) mass is 266 g/mol. The van der Waals surface area contributed by atoms with Crippen molar-refractivity contribution >= 4 is 5.97 Å². The van der Waals surface area contributed by atoms with Crippen molar-refractivity contribution < 1.29 is 14.8 Å². The number of piperidine rings is 2. The number of carbonyl (C=O) groups is 1. The molecule has 3 heteroatoms. The molecule has 0 spiro atoms. The van der Waals surface area contributed by atoms with Crippen molar-refractivity contribution in [2.24, 2.45) is 11.8 Å². The Hall–Kier alpha value is -0.570. The van der Waals surface area contributed by atoms with Gasteiger partial charge in [-0.2, -0.15) is 0 Å². The first-order chi connectivity index (χ1) is 9.25. The number of fused-ring (bicyclic) bond motifs is 1. The normalized spacial score (nSPS) is 40.6. The van der Waals surface area contributed by atoms with Crippen LogP contribution in [-0.4, -0.2) is 29.7 Å². The van der Waals surface area contributed by atoms with Gasteiger partial charge in [0.25, 0.3) is 0 Å². The van der Waals surface area contributed by atoms with E-state index in [-0.39, 0.29) is 6.04 Å². The summed E-state index contributed by atoms with van der Waals surface area (Å²) >= 11 is 0. The van der Waals surface area contributed by atoms with Crippen LogP contribution < -0.4 is 4.90 Å². The second-order valence-electron chi connectivity index (χ2n) is 7.03. The SMILES string of the molecule is O=C(O)C1CCCC2CCC(C3CCCCC3)C[NH+]21. The molecule has 3 rings (SSSR count). The summed E-state index contributed by atoms with van der Waals surface area (Å²) in [5, 5.41) is 9.45. The maximum absolute atomic E-state index is 11.5. The standard InChI is InChI=1S/C16H27NO2/c18-16(19)15-8-4-7-14-10-9-13(11-17(14)15)12-5-2-1-3-6-12/h12-15H,1-11H2,(H,18,19)/p+1. The van der Waals surface area contributed by atoms with E-state index >= 15 is 0 Å². The maximum atomic E-state index is 11.5. The summed E-state index contributed by atoms with van der Waals surface area (Å²) in [5.74, 6) is 1.16. The third-order valence-corrected chi connectivity index (χ3v) is 6.02. The molecular formula is C16H28NO2+. The van der Waals surface area contributed by atoms with E-state index in [9.17, 15) is 9.90 Å². The molecule has 0 bridgehead atoms. The predicted molar refractivity (Wildman–Crippen MR) is 74.2 cm³/mol. The van der Waals surface area contributed by atoms with Gasteiger partial charge in [-0.1, -0.05) is 19.3 Å². The minimum Gasteiger partial charge on any atom is -0.477 e. The van der Waals surface area contributed by atoms with Crippen molar-refractivity contribution in [3.8, 4) is 0 Å². The fourth-order valence-electron chi connectivity index (χ4n) is 4.97. The van der Waals surface area contributed by atoms with Gasteiger partial charge in [0.2, 0.25) is 0 Å². The lowest BCUT2D eigenvalue weighted by Crippen LogP contribution is -3.22. The molecule has 3 fully saturated rings. The molecule has 3 aliphatic rings. The smallest absolute Gasteiger partial charge is 0.362 e. The first kappa shape index (κ1) is 13.4. The van der Waals surface area contributed by atoms with E-state index in [1.165, 1.54) is 56.3 Å². The van der Waals surface area contributed by atoms with Crippen molar-refractivity contribution in [3.63, 3.8) is 0 Å². The number of nitrogens with one attached hydrogen (secondary N) is 1. The number of carboxylic acid groups (broad SMARTS) is 1. The van der Waals surface area contributed by atoms with Crippen molar-refractivity contribution in [3.05, 3.63) is 0 Å². The van der Waals surface area contributed by atoms with Crippen LogP contribution in [0.3, 0.4) is 0 Å². The van der Waals surface area contributed by atoms with Crippen LogP contribution in [0.5, 0.6) is 0 Å². The van der Waals surface area contributed by atoms with Gasteiger partial charge in [-0.25, -0.2) is 4.79 Å². The lowest BCUT2D eigenvalue weighted by atomic mass is 9.74.